The molecule has 0 bridgehead atoms. The summed E-state index contributed by atoms with van der Waals surface area (Å²) < 4.78 is 0. The molecule has 1 aliphatic carbocycles. The molecule has 1 aromatic carbocycles. The molecule has 98 valence electrons. The van der Waals surface area contributed by atoms with Gasteiger partial charge in [-0.1, -0.05) is 22.9 Å². The molecule has 3 N–H and O–H groups in total. The van der Waals surface area contributed by atoms with Crippen LogP contribution in [0.15, 0.2) is 29.4 Å². The van der Waals surface area contributed by atoms with E-state index < -0.39 is 0 Å². The smallest absolute Gasteiger partial charge is 0.139 e. The summed E-state index contributed by atoms with van der Waals surface area (Å²) in [6.07, 6.45) is 2.98. The van der Waals surface area contributed by atoms with Crippen LogP contribution in [0.4, 0.5) is 5.69 Å². The highest BCUT2D eigenvalue weighted by atomic mass is 16.4. The Balaban J connectivity index is 1.99. The van der Waals surface area contributed by atoms with Crippen molar-refractivity contribution in [3.8, 4) is 0 Å². The molecule has 0 radical (unpaired) electrons. The number of benzene rings is 1. The summed E-state index contributed by atoms with van der Waals surface area (Å²) in [5.41, 5.74) is 8.30. The van der Waals surface area contributed by atoms with E-state index in [4.69, 9.17) is 10.9 Å². The first-order chi connectivity index (χ1) is 8.54. The zero-order chi connectivity index (χ0) is 13.2. The maximum absolute atomic E-state index is 8.66. The second-order valence-corrected chi connectivity index (χ2v) is 5.46. The number of hydrogen-bond acceptors (Lipinski definition) is 3. The molecule has 1 aromatic rings. The van der Waals surface area contributed by atoms with Gasteiger partial charge in [0, 0.05) is 25.7 Å². The predicted molar refractivity (Wildman–Crippen MR) is 74.1 cm³/mol. The van der Waals surface area contributed by atoms with Crippen LogP contribution < -0.4 is 10.6 Å². The van der Waals surface area contributed by atoms with Gasteiger partial charge in [0.2, 0.25) is 0 Å². The lowest BCUT2D eigenvalue weighted by Gasteiger charge is -2.25. The second-order valence-electron chi connectivity index (χ2n) is 5.46. The van der Waals surface area contributed by atoms with E-state index in [-0.39, 0.29) is 5.41 Å². The van der Waals surface area contributed by atoms with Crippen molar-refractivity contribution >= 4 is 11.5 Å². The average Bonchev–Trinajstić information content (AvgIpc) is 3.09. The third kappa shape index (κ3) is 2.94. The highest BCUT2D eigenvalue weighted by Crippen LogP contribution is 2.49. The van der Waals surface area contributed by atoms with Crippen molar-refractivity contribution in [1.82, 2.24) is 0 Å². The van der Waals surface area contributed by atoms with E-state index in [1.807, 2.05) is 0 Å². The van der Waals surface area contributed by atoms with Gasteiger partial charge < -0.3 is 15.8 Å². The van der Waals surface area contributed by atoms with Gasteiger partial charge in [-0.3, -0.25) is 0 Å². The molecule has 0 atom stereocenters. The average molecular weight is 247 g/mol. The first-order valence-electron chi connectivity index (χ1n) is 6.29. The van der Waals surface area contributed by atoms with Gasteiger partial charge in [0.25, 0.3) is 0 Å². The molecular formula is C14H21N3O. The molecule has 2 rings (SSSR count). The van der Waals surface area contributed by atoms with E-state index in [2.05, 4.69) is 48.3 Å². The summed E-state index contributed by atoms with van der Waals surface area (Å²) in [6, 6.07) is 8.51. The first kappa shape index (κ1) is 12.7. The van der Waals surface area contributed by atoms with Crippen LogP contribution in [-0.4, -0.2) is 24.6 Å². The van der Waals surface area contributed by atoms with Gasteiger partial charge in [-0.05, 0) is 37.3 Å². The van der Waals surface area contributed by atoms with Crippen LogP contribution >= 0.6 is 0 Å². The summed E-state index contributed by atoms with van der Waals surface area (Å²) in [5.74, 6) is 0.338. The van der Waals surface area contributed by atoms with Crippen molar-refractivity contribution in [3.05, 3.63) is 29.8 Å². The maximum atomic E-state index is 8.66. The number of nitrogens with zero attached hydrogens (tertiary/aromatic N) is 2. The van der Waals surface area contributed by atoms with Crippen LogP contribution in [0.5, 0.6) is 0 Å². The summed E-state index contributed by atoms with van der Waals surface area (Å²) in [7, 11) is 2.09. The van der Waals surface area contributed by atoms with Gasteiger partial charge in [0.1, 0.15) is 5.84 Å². The van der Waals surface area contributed by atoms with Gasteiger partial charge >= 0.3 is 0 Å². The molecule has 0 aromatic heterocycles. The van der Waals surface area contributed by atoms with Crippen molar-refractivity contribution in [2.24, 2.45) is 16.3 Å². The molecule has 0 amide bonds. The monoisotopic (exact) mass is 247 g/mol. The molecule has 0 unspecified atom stereocenters. The van der Waals surface area contributed by atoms with E-state index in [0.29, 0.717) is 12.3 Å². The summed E-state index contributed by atoms with van der Waals surface area (Å²) >= 11 is 0. The standard InChI is InChI=1S/C14H21N3O/c1-11-3-5-12(6-4-11)17(2)10-14(7-8-14)9-13(15)16-18/h3-6,18H,7-10H2,1-2H3,(H2,15,16). The third-order valence-electron chi connectivity index (χ3n) is 3.69. The van der Waals surface area contributed by atoms with Gasteiger partial charge in [0.15, 0.2) is 0 Å². The van der Waals surface area contributed by atoms with Crippen molar-refractivity contribution in [3.63, 3.8) is 0 Å². The molecule has 18 heavy (non-hydrogen) atoms. The van der Waals surface area contributed by atoms with Crippen LogP contribution in [0.3, 0.4) is 0 Å². The normalized spacial score (nSPS) is 17.6. The highest BCUT2D eigenvalue weighted by Gasteiger charge is 2.44. The SMILES string of the molecule is Cc1ccc(N(C)CC2(CC(N)=NO)CC2)cc1. The van der Waals surface area contributed by atoms with Crippen molar-refractivity contribution in [1.29, 1.82) is 0 Å². The Morgan fingerprint density at radius 1 is 1.39 bits per heavy atom. The Hall–Kier alpha value is -1.71. The predicted octanol–water partition coefficient (Wildman–Crippen LogP) is 2.35. The number of amidine groups is 1. The molecule has 0 spiro atoms. The van der Waals surface area contributed by atoms with Crippen LogP contribution in [-0.2, 0) is 0 Å². The zero-order valence-corrected chi connectivity index (χ0v) is 11.1. The number of aryl methyl sites for hydroxylation is 1. The Labute approximate surface area is 108 Å². The molecule has 0 heterocycles. The van der Waals surface area contributed by atoms with Crippen LogP contribution in [0.1, 0.15) is 24.8 Å². The van der Waals surface area contributed by atoms with E-state index >= 15 is 0 Å². The number of oxime groups is 1. The third-order valence-corrected chi connectivity index (χ3v) is 3.69. The molecule has 1 fully saturated rings. The van der Waals surface area contributed by atoms with E-state index in [1.165, 1.54) is 11.3 Å². The van der Waals surface area contributed by atoms with Gasteiger partial charge in [-0.2, -0.15) is 0 Å². The lowest BCUT2D eigenvalue weighted by molar-refractivity contribution is 0.314. The number of hydrogen-bond donors (Lipinski definition) is 2. The van der Waals surface area contributed by atoms with Crippen molar-refractivity contribution < 1.29 is 5.21 Å². The largest absolute Gasteiger partial charge is 0.409 e. The lowest BCUT2D eigenvalue weighted by Crippen LogP contribution is -2.30. The highest BCUT2D eigenvalue weighted by molar-refractivity contribution is 5.80. The maximum Gasteiger partial charge on any atom is 0.139 e. The molecule has 0 saturated heterocycles. The van der Waals surface area contributed by atoms with Crippen molar-refractivity contribution in [2.45, 2.75) is 26.2 Å². The molecule has 1 aliphatic rings. The number of anilines is 1. The minimum Gasteiger partial charge on any atom is -0.409 e. The fourth-order valence-corrected chi connectivity index (χ4v) is 2.38. The zero-order valence-electron chi connectivity index (χ0n) is 11.1. The molecule has 0 aliphatic heterocycles. The van der Waals surface area contributed by atoms with E-state index in [0.717, 1.165) is 19.4 Å². The quantitative estimate of drug-likeness (QED) is 0.363. The van der Waals surface area contributed by atoms with Crippen LogP contribution in [0.2, 0.25) is 0 Å². The molecule has 4 heteroatoms. The minimum atomic E-state index is 0.204. The Bertz CT molecular complexity index is 435. The first-order valence-corrected chi connectivity index (χ1v) is 6.29. The van der Waals surface area contributed by atoms with E-state index in [1.54, 1.807) is 0 Å². The Morgan fingerprint density at radius 2 is 2.00 bits per heavy atom. The summed E-state index contributed by atoms with van der Waals surface area (Å²) in [4.78, 5) is 2.25. The van der Waals surface area contributed by atoms with Crippen LogP contribution in [0.25, 0.3) is 0 Å². The second kappa shape index (κ2) is 4.88. The van der Waals surface area contributed by atoms with E-state index in [9.17, 15) is 0 Å². The molecule has 4 nitrogen and oxygen atoms in total. The number of rotatable bonds is 5. The Morgan fingerprint density at radius 3 is 2.50 bits per heavy atom. The topological polar surface area (TPSA) is 61.8 Å². The minimum absolute atomic E-state index is 0.204. The van der Waals surface area contributed by atoms with Gasteiger partial charge in [-0.25, -0.2) is 0 Å². The fourth-order valence-electron chi connectivity index (χ4n) is 2.38. The Kier molecular flexibility index (Phi) is 3.45. The number of nitrogens with two attached hydrogens (primary N) is 1. The lowest BCUT2D eigenvalue weighted by atomic mass is 10.0. The summed E-state index contributed by atoms with van der Waals surface area (Å²) in [6.45, 7) is 3.04. The molecule has 1 saturated carbocycles. The van der Waals surface area contributed by atoms with Gasteiger partial charge in [0.05, 0.1) is 0 Å². The van der Waals surface area contributed by atoms with Gasteiger partial charge in [-0.15, -0.1) is 0 Å². The van der Waals surface area contributed by atoms with Crippen LogP contribution in [0, 0.1) is 12.3 Å². The fraction of sp³-hybridized carbons (Fsp3) is 0.500. The van der Waals surface area contributed by atoms with Crippen molar-refractivity contribution in [2.75, 3.05) is 18.5 Å². The summed E-state index contributed by atoms with van der Waals surface area (Å²) in [5, 5.41) is 11.7. The molecular weight excluding hydrogens is 226 g/mol.